The highest BCUT2D eigenvalue weighted by Gasteiger charge is 2.57. The summed E-state index contributed by atoms with van der Waals surface area (Å²) in [4.78, 5) is 40.4. The van der Waals surface area contributed by atoms with Crippen molar-refractivity contribution in [1.29, 1.82) is 0 Å². The highest BCUT2D eigenvalue weighted by molar-refractivity contribution is 7.17. The van der Waals surface area contributed by atoms with Crippen LogP contribution in [-0.2, 0) is 27.2 Å². The number of carbonyl (C=O) groups is 3. The molecule has 4 rings (SSSR count). The Bertz CT molecular complexity index is 1040. The molecule has 3 aliphatic rings. The number of hydrogen-bond donors (Lipinski definition) is 2. The van der Waals surface area contributed by atoms with Gasteiger partial charge in [0.1, 0.15) is 5.00 Å². The van der Waals surface area contributed by atoms with E-state index in [1.54, 1.807) is 6.92 Å². The predicted octanol–water partition coefficient (Wildman–Crippen LogP) is 7.17. The zero-order valence-corrected chi connectivity index (χ0v) is 23.5. The van der Waals surface area contributed by atoms with Gasteiger partial charge in [-0.05, 0) is 76.7 Å². The van der Waals surface area contributed by atoms with E-state index in [4.69, 9.17) is 4.74 Å². The number of carbonyl (C=O) groups excluding carboxylic acids is 2. The molecule has 0 spiro atoms. The molecule has 1 heterocycles. The van der Waals surface area contributed by atoms with Crippen molar-refractivity contribution in [3.05, 3.63) is 27.2 Å². The smallest absolute Gasteiger partial charge is 0.341 e. The maximum Gasteiger partial charge on any atom is 0.341 e. The zero-order chi connectivity index (χ0) is 26.5. The summed E-state index contributed by atoms with van der Waals surface area (Å²) in [7, 11) is 0. The van der Waals surface area contributed by atoms with Gasteiger partial charge in [0.2, 0.25) is 5.91 Å². The molecular formula is C30H43NO5S. The summed E-state index contributed by atoms with van der Waals surface area (Å²) < 4.78 is 5.46. The molecule has 2 N–H and O–H groups in total. The van der Waals surface area contributed by atoms with Crippen molar-refractivity contribution in [2.75, 3.05) is 11.9 Å². The van der Waals surface area contributed by atoms with Gasteiger partial charge in [-0.15, -0.1) is 11.3 Å². The van der Waals surface area contributed by atoms with Crippen LogP contribution in [0.15, 0.2) is 11.1 Å². The SMILES string of the molecule is CCOC(=O)c1c(NC(=O)[C@@H]2[C@@H](C(=O)O)[C@@H]3CC[C@@H]2C3=C(C)C)sc2c1CCCCCCCCCCC2. The van der Waals surface area contributed by atoms with Crippen LogP contribution in [0.2, 0.25) is 0 Å². The summed E-state index contributed by atoms with van der Waals surface area (Å²) in [5.41, 5.74) is 3.83. The van der Waals surface area contributed by atoms with Crippen LogP contribution in [0.4, 0.5) is 5.00 Å². The second kappa shape index (κ2) is 12.6. The van der Waals surface area contributed by atoms with E-state index in [1.165, 1.54) is 54.7 Å². The number of esters is 1. The molecule has 2 fully saturated rings. The minimum atomic E-state index is -0.897. The third kappa shape index (κ3) is 5.97. The number of nitrogens with one attached hydrogen (secondary N) is 1. The van der Waals surface area contributed by atoms with Gasteiger partial charge < -0.3 is 15.2 Å². The van der Waals surface area contributed by atoms with Crippen LogP contribution in [0.3, 0.4) is 0 Å². The summed E-state index contributed by atoms with van der Waals surface area (Å²) in [5, 5.41) is 13.7. The highest BCUT2D eigenvalue weighted by atomic mass is 32.1. The maximum absolute atomic E-state index is 13.8. The van der Waals surface area contributed by atoms with E-state index in [1.807, 2.05) is 13.8 Å². The van der Waals surface area contributed by atoms with Gasteiger partial charge in [-0.3, -0.25) is 9.59 Å². The van der Waals surface area contributed by atoms with Gasteiger partial charge in [0, 0.05) is 4.88 Å². The lowest BCUT2D eigenvalue weighted by Gasteiger charge is -2.26. The molecule has 3 aliphatic carbocycles. The lowest BCUT2D eigenvalue weighted by atomic mass is 9.78. The first-order chi connectivity index (χ1) is 17.8. The standard InChI is InChI=1S/C30H43NO5S/c1-4-36-30(35)26-19-14-12-10-8-6-5-7-9-11-13-15-22(19)37-28(26)31-27(32)24-20-16-17-21(23(20)18(2)3)25(24)29(33)34/h20-21,24-25H,4-17H2,1-3H3,(H,31,32)(H,33,34)/t20-,21-,24+,25+/m1/s1. The van der Waals surface area contributed by atoms with E-state index in [0.717, 1.165) is 61.7 Å². The fourth-order valence-corrected chi connectivity index (χ4v) is 8.39. The van der Waals surface area contributed by atoms with Crippen LogP contribution in [-0.4, -0.2) is 29.6 Å². The second-order valence-corrected chi connectivity index (χ2v) is 12.3. The normalized spacial score (nSPS) is 26.4. The summed E-state index contributed by atoms with van der Waals surface area (Å²) >= 11 is 1.50. The molecule has 37 heavy (non-hydrogen) atoms. The van der Waals surface area contributed by atoms with Crippen LogP contribution < -0.4 is 5.32 Å². The number of thiophene rings is 1. The van der Waals surface area contributed by atoms with Crippen molar-refractivity contribution < 1.29 is 24.2 Å². The first kappa shape index (κ1) is 27.9. The Balaban J connectivity index is 1.65. The number of fused-ring (bicyclic) bond motifs is 3. The Kier molecular flexibility index (Phi) is 9.49. The van der Waals surface area contributed by atoms with E-state index in [9.17, 15) is 19.5 Å². The summed E-state index contributed by atoms with van der Waals surface area (Å²) in [6.45, 7) is 6.12. The van der Waals surface area contributed by atoms with E-state index < -0.39 is 17.8 Å². The topological polar surface area (TPSA) is 92.7 Å². The quantitative estimate of drug-likeness (QED) is 0.312. The molecular weight excluding hydrogens is 486 g/mol. The number of aryl methyl sites for hydroxylation is 1. The maximum atomic E-state index is 13.8. The fourth-order valence-electron chi connectivity index (χ4n) is 7.11. The molecule has 0 aliphatic heterocycles. The van der Waals surface area contributed by atoms with Crippen LogP contribution in [0.5, 0.6) is 0 Å². The fraction of sp³-hybridized carbons (Fsp3) is 0.700. The van der Waals surface area contributed by atoms with Crippen molar-refractivity contribution in [3.63, 3.8) is 0 Å². The van der Waals surface area contributed by atoms with E-state index in [-0.39, 0.29) is 30.3 Å². The average Bonchev–Trinajstić information content (AvgIpc) is 3.52. The van der Waals surface area contributed by atoms with Crippen molar-refractivity contribution in [2.24, 2.45) is 23.7 Å². The molecule has 0 saturated heterocycles. The third-order valence-electron chi connectivity index (χ3n) is 8.64. The van der Waals surface area contributed by atoms with Gasteiger partial charge in [-0.2, -0.15) is 0 Å². The number of rotatable bonds is 5. The van der Waals surface area contributed by atoms with Crippen LogP contribution in [0, 0.1) is 23.7 Å². The van der Waals surface area contributed by atoms with Gasteiger partial charge in [0.25, 0.3) is 0 Å². The van der Waals surface area contributed by atoms with Gasteiger partial charge >= 0.3 is 11.9 Å². The van der Waals surface area contributed by atoms with Gasteiger partial charge in [-0.1, -0.05) is 56.1 Å². The number of allylic oxidation sites excluding steroid dienone is 2. The molecule has 1 aromatic heterocycles. The van der Waals surface area contributed by atoms with Crippen LogP contribution in [0.1, 0.15) is 112 Å². The number of carboxylic acid groups (broad SMARTS) is 1. The Morgan fingerprint density at radius 2 is 1.46 bits per heavy atom. The van der Waals surface area contributed by atoms with Crippen LogP contribution in [0.25, 0.3) is 0 Å². The lowest BCUT2D eigenvalue weighted by Crippen LogP contribution is -2.38. The zero-order valence-electron chi connectivity index (χ0n) is 22.7. The Hall–Kier alpha value is -2.15. The molecule has 2 saturated carbocycles. The summed E-state index contributed by atoms with van der Waals surface area (Å²) in [6, 6.07) is 0. The Morgan fingerprint density at radius 3 is 2.03 bits per heavy atom. The molecule has 6 nitrogen and oxygen atoms in total. The molecule has 204 valence electrons. The van der Waals surface area contributed by atoms with Crippen molar-refractivity contribution in [2.45, 2.75) is 104 Å². The first-order valence-corrected chi connectivity index (χ1v) is 15.2. The number of aliphatic carboxylic acids is 1. The molecule has 7 heteroatoms. The first-order valence-electron chi connectivity index (χ1n) is 14.4. The molecule has 0 unspecified atom stereocenters. The minimum absolute atomic E-state index is 0.0356. The molecule has 1 aromatic rings. The number of anilines is 1. The monoisotopic (exact) mass is 529 g/mol. The van der Waals surface area contributed by atoms with Crippen LogP contribution >= 0.6 is 11.3 Å². The molecule has 2 bridgehead atoms. The molecule has 1 amide bonds. The van der Waals surface area contributed by atoms with Crippen molar-refractivity contribution >= 4 is 34.2 Å². The number of ether oxygens (including phenoxy) is 1. The van der Waals surface area contributed by atoms with E-state index >= 15 is 0 Å². The summed E-state index contributed by atoms with van der Waals surface area (Å²) in [5.74, 6) is -2.97. The summed E-state index contributed by atoms with van der Waals surface area (Å²) in [6.07, 6.45) is 14.1. The van der Waals surface area contributed by atoms with Crippen molar-refractivity contribution in [1.82, 2.24) is 0 Å². The largest absolute Gasteiger partial charge is 0.481 e. The van der Waals surface area contributed by atoms with E-state index in [2.05, 4.69) is 5.32 Å². The lowest BCUT2D eigenvalue weighted by molar-refractivity contribution is -0.148. The van der Waals surface area contributed by atoms with Gasteiger partial charge in [0.05, 0.1) is 24.0 Å². The number of hydrogen-bond acceptors (Lipinski definition) is 5. The minimum Gasteiger partial charge on any atom is -0.481 e. The predicted molar refractivity (Wildman–Crippen MR) is 147 cm³/mol. The van der Waals surface area contributed by atoms with Gasteiger partial charge in [-0.25, -0.2) is 4.79 Å². The van der Waals surface area contributed by atoms with E-state index in [0.29, 0.717) is 10.6 Å². The Morgan fingerprint density at radius 1 is 0.892 bits per heavy atom. The molecule has 0 aromatic carbocycles. The average molecular weight is 530 g/mol. The third-order valence-corrected chi connectivity index (χ3v) is 9.85. The Labute approximate surface area is 225 Å². The molecule has 4 atom stereocenters. The number of amides is 1. The van der Waals surface area contributed by atoms with Crippen molar-refractivity contribution in [3.8, 4) is 0 Å². The highest BCUT2D eigenvalue weighted by Crippen LogP contribution is 2.57. The van der Waals surface area contributed by atoms with Gasteiger partial charge in [0.15, 0.2) is 0 Å². The molecule has 0 radical (unpaired) electrons. The number of carboxylic acids is 1. The second-order valence-electron chi connectivity index (χ2n) is 11.2.